The number of urea groups is 1. The van der Waals surface area contributed by atoms with Crippen LogP contribution in [0.5, 0.6) is 5.75 Å². The number of nitrogens with one attached hydrogen (secondary N) is 1. The maximum Gasteiger partial charge on any atom is 0.387 e. The summed E-state index contributed by atoms with van der Waals surface area (Å²) in [7, 11) is 0. The first-order chi connectivity index (χ1) is 13.2. The lowest BCUT2D eigenvalue weighted by molar-refractivity contribution is -0.140. The van der Waals surface area contributed by atoms with E-state index >= 15 is 0 Å². The lowest BCUT2D eigenvalue weighted by Gasteiger charge is -2.34. The van der Waals surface area contributed by atoms with Gasteiger partial charge in [-0.25, -0.2) is 4.79 Å². The largest absolute Gasteiger partial charge is 0.435 e. The Labute approximate surface area is 161 Å². The summed E-state index contributed by atoms with van der Waals surface area (Å²) in [5.74, 6) is -0.871. The van der Waals surface area contributed by atoms with Gasteiger partial charge in [0.2, 0.25) is 5.91 Å². The predicted molar refractivity (Wildman–Crippen MR) is 95.7 cm³/mol. The summed E-state index contributed by atoms with van der Waals surface area (Å²) in [6.07, 6.45) is 2.86. The lowest BCUT2D eigenvalue weighted by Crippen LogP contribution is -2.48. The number of imide groups is 1. The number of carbonyl (C=O) groups is 3. The molecule has 2 atom stereocenters. The molecule has 3 rings (SSSR count). The first kappa shape index (κ1) is 20.0. The van der Waals surface area contributed by atoms with Gasteiger partial charge in [0, 0.05) is 12.6 Å². The zero-order valence-corrected chi connectivity index (χ0v) is 15.8. The van der Waals surface area contributed by atoms with Gasteiger partial charge in [-0.2, -0.15) is 8.78 Å². The molecular formula is C19H23F2N3O4. The van der Waals surface area contributed by atoms with E-state index in [1.165, 1.54) is 31.2 Å². The highest BCUT2D eigenvalue weighted by Crippen LogP contribution is 2.30. The van der Waals surface area contributed by atoms with Crippen LogP contribution >= 0.6 is 0 Å². The standard InChI is InChI=1S/C19H23F2N3O4/c1-12-5-3-4-10-23(12)15(25)11-24-16(26)19(2,22-18(24)27)13-6-8-14(9-7-13)28-17(20)21/h6-9,12,17H,3-5,10-11H2,1-2H3,(H,22,27)/t12-,19-/m1/s1. The molecule has 2 fully saturated rings. The highest BCUT2D eigenvalue weighted by Gasteiger charge is 2.49. The molecule has 0 radical (unpaired) electrons. The van der Waals surface area contributed by atoms with Crippen LogP contribution in [0.2, 0.25) is 0 Å². The minimum atomic E-state index is -2.95. The summed E-state index contributed by atoms with van der Waals surface area (Å²) in [5, 5.41) is 2.60. The van der Waals surface area contributed by atoms with Crippen LogP contribution in [0.1, 0.15) is 38.7 Å². The van der Waals surface area contributed by atoms with Crippen LogP contribution in [0.25, 0.3) is 0 Å². The maximum atomic E-state index is 12.9. The number of ether oxygens (including phenoxy) is 1. The van der Waals surface area contributed by atoms with Crippen molar-refractivity contribution in [2.24, 2.45) is 0 Å². The molecule has 0 aliphatic carbocycles. The van der Waals surface area contributed by atoms with Crippen LogP contribution in [-0.4, -0.2) is 53.4 Å². The van der Waals surface area contributed by atoms with E-state index in [0.29, 0.717) is 12.1 Å². The number of hydrogen-bond acceptors (Lipinski definition) is 4. The summed E-state index contributed by atoms with van der Waals surface area (Å²) in [6.45, 7) is 0.817. The van der Waals surface area contributed by atoms with Crippen molar-refractivity contribution in [1.29, 1.82) is 0 Å². The van der Waals surface area contributed by atoms with E-state index in [4.69, 9.17) is 0 Å². The third-order valence-corrected chi connectivity index (χ3v) is 5.35. The van der Waals surface area contributed by atoms with Gasteiger partial charge in [0.15, 0.2) is 0 Å². The topological polar surface area (TPSA) is 79.0 Å². The molecule has 2 aliphatic rings. The zero-order valence-electron chi connectivity index (χ0n) is 15.8. The predicted octanol–water partition coefficient (Wildman–Crippen LogP) is 2.46. The second kappa shape index (κ2) is 7.73. The molecule has 152 valence electrons. The molecule has 0 unspecified atom stereocenters. The van der Waals surface area contributed by atoms with Gasteiger partial charge < -0.3 is 15.0 Å². The van der Waals surface area contributed by atoms with Gasteiger partial charge >= 0.3 is 12.6 Å². The SMILES string of the molecule is C[C@@H]1CCCCN1C(=O)CN1C(=O)N[C@](C)(c2ccc(OC(F)F)cc2)C1=O. The smallest absolute Gasteiger partial charge is 0.387 e. The fraction of sp³-hybridized carbons (Fsp3) is 0.526. The minimum absolute atomic E-state index is 0.0507. The van der Waals surface area contributed by atoms with Gasteiger partial charge in [-0.3, -0.25) is 14.5 Å². The summed E-state index contributed by atoms with van der Waals surface area (Å²) in [6, 6.07) is 4.90. The highest BCUT2D eigenvalue weighted by molar-refractivity contribution is 6.09. The molecule has 1 aromatic carbocycles. The third kappa shape index (κ3) is 3.79. The number of halogens is 2. The first-order valence-corrected chi connectivity index (χ1v) is 9.21. The maximum absolute atomic E-state index is 12.9. The lowest BCUT2D eigenvalue weighted by atomic mass is 9.92. The Morgan fingerprint density at radius 3 is 2.57 bits per heavy atom. The van der Waals surface area contributed by atoms with Crippen molar-refractivity contribution in [2.75, 3.05) is 13.1 Å². The molecule has 7 nitrogen and oxygen atoms in total. The van der Waals surface area contributed by atoms with Crippen molar-refractivity contribution >= 4 is 17.8 Å². The van der Waals surface area contributed by atoms with Crippen molar-refractivity contribution in [1.82, 2.24) is 15.1 Å². The van der Waals surface area contributed by atoms with Crippen molar-refractivity contribution in [3.8, 4) is 5.75 Å². The second-order valence-electron chi connectivity index (χ2n) is 7.28. The number of carbonyl (C=O) groups excluding carboxylic acids is 3. The Balaban J connectivity index is 1.74. The van der Waals surface area contributed by atoms with Crippen LogP contribution in [0.4, 0.5) is 13.6 Å². The van der Waals surface area contributed by atoms with Crippen LogP contribution in [-0.2, 0) is 15.1 Å². The van der Waals surface area contributed by atoms with E-state index in [1.54, 1.807) is 4.90 Å². The van der Waals surface area contributed by atoms with Crippen LogP contribution in [0, 0.1) is 0 Å². The fourth-order valence-corrected chi connectivity index (χ4v) is 3.70. The van der Waals surface area contributed by atoms with Crippen LogP contribution < -0.4 is 10.1 Å². The Morgan fingerprint density at radius 1 is 1.29 bits per heavy atom. The van der Waals surface area contributed by atoms with Crippen LogP contribution in [0.3, 0.4) is 0 Å². The van der Waals surface area contributed by atoms with Crippen LogP contribution in [0.15, 0.2) is 24.3 Å². The molecule has 0 spiro atoms. The van der Waals surface area contributed by atoms with Crippen molar-refractivity contribution in [2.45, 2.75) is 51.3 Å². The van der Waals surface area contributed by atoms with E-state index in [2.05, 4.69) is 10.1 Å². The van der Waals surface area contributed by atoms with Gasteiger partial charge in [0.05, 0.1) is 0 Å². The van der Waals surface area contributed by atoms with Gasteiger partial charge in [-0.15, -0.1) is 0 Å². The van der Waals surface area contributed by atoms with Crippen molar-refractivity contribution in [3.05, 3.63) is 29.8 Å². The van der Waals surface area contributed by atoms with Gasteiger partial charge in [-0.05, 0) is 50.8 Å². The summed E-state index contributed by atoms with van der Waals surface area (Å²) < 4.78 is 28.9. The fourth-order valence-electron chi connectivity index (χ4n) is 3.70. The normalized spacial score (nSPS) is 25.2. The Morgan fingerprint density at radius 2 is 1.96 bits per heavy atom. The molecule has 1 aromatic rings. The quantitative estimate of drug-likeness (QED) is 0.777. The molecule has 0 saturated carbocycles. The average molecular weight is 395 g/mol. The monoisotopic (exact) mass is 395 g/mol. The third-order valence-electron chi connectivity index (χ3n) is 5.35. The number of rotatable bonds is 5. The summed E-state index contributed by atoms with van der Waals surface area (Å²) in [5.41, 5.74) is -0.970. The summed E-state index contributed by atoms with van der Waals surface area (Å²) in [4.78, 5) is 40.5. The van der Waals surface area contributed by atoms with Gasteiger partial charge in [0.25, 0.3) is 5.91 Å². The molecule has 0 bridgehead atoms. The van der Waals surface area contributed by atoms with Gasteiger partial charge in [0.1, 0.15) is 17.8 Å². The molecule has 2 aliphatic heterocycles. The Kier molecular flexibility index (Phi) is 5.53. The molecule has 28 heavy (non-hydrogen) atoms. The number of amides is 4. The van der Waals surface area contributed by atoms with Gasteiger partial charge in [-0.1, -0.05) is 12.1 Å². The number of nitrogens with zero attached hydrogens (tertiary/aromatic N) is 2. The Bertz CT molecular complexity index is 771. The van der Waals surface area contributed by atoms with Crippen molar-refractivity contribution in [3.63, 3.8) is 0 Å². The first-order valence-electron chi connectivity index (χ1n) is 9.21. The van der Waals surface area contributed by atoms with E-state index in [-0.39, 0.29) is 24.2 Å². The highest BCUT2D eigenvalue weighted by atomic mass is 19.3. The van der Waals surface area contributed by atoms with Crippen molar-refractivity contribution < 1.29 is 27.9 Å². The molecule has 2 heterocycles. The van der Waals surface area contributed by atoms with E-state index in [9.17, 15) is 23.2 Å². The molecule has 4 amide bonds. The number of hydrogen-bond donors (Lipinski definition) is 1. The Hall–Kier alpha value is -2.71. The molecule has 0 aromatic heterocycles. The van der Waals surface area contributed by atoms with E-state index < -0.39 is 24.1 Å². The molecule has 1 N–H and O–H groups in total. The number of benzene rings is 1. The van der Waals surface area contributed by atoms with E-state index in [1.807, 2.05) is 6.92 Å². The second-order valence-corrected chi connectivity index (χ2v) is 7.28. The average Bonchev–Trinajstić information content (AvgIpc) is 2.86. The molecule has 9 heteroatoms. The zero-order chi connectivity index (χ0) is 20.5. The molecular weight excluding hydrogens is 372 g/mol. The number of alkyl halides is 2. The number of likely N-dealkylation sites (tertiary alicyclic amines) is 1. The number of piperidine rings is 1. The molecule has 2 saturated heterocycles. The minimum Gasteiger partial charge on any atom is -0.435 e. The van der Waals surface area contributed by atoms with E-state index in [0.717, 1.165) is 24.2 Å². The summed E-state index contributed by atoms with van der Waals surface area (Å²) >= 11 is 0.